The van der Waals surface area contributed by atoms with E-state index in [0.29, 0.717) is 16.9 Å². The van der Waals surface area contributed by atoms with Crippen molar-refractivity contribution in [2.24, 2.45) is 0 Å². The molecule has 0 aliphatic rings. The molecule has 0 atom stereocenters. The fourth-order valence-corrected chi connectivity index (χ4v) is 3.20. The lowest BCUT2D eigenvalue weighted by Gasteiger charge is -2.07. The Labute approximate surface area is 166 Å². The van der Waals surface area contributed by atoms with Crippen LogP contribution in [0.4, 0.5) is 0 Å². The highest BCUT2D eigenvalue weighted by molar-refractivity contribution is 7.98. The van der Waals surface area contributed by atoms with E-state index in [1.807, 2.05) is 56.3 Å². The van der Waals surface area contributed by atoms with Gasteiger partial charge in [-0.25, -0.2) is 0 Å². The molecule has 0 spiro atoms. The van der Waals surface area contributed by atoms with Gasteiger partial charge in [-0.15, -0.1) is 10.2 Å². The first-order chi connectivity index (χ1) is 13.7. The van der Waals surface area contributed by atoms with Gasteiger partial charge in [0.1, 0.15) is 5.75 Å². The molecule has 0 radical (unpaired) electrons. The van der Waals surface area contributed by atoms with Crippen LogP contribution < -0.4 is 4.74 Å². The predicted molar refractivity (Wildman–Crippen MR) is 105 cm³/mol. The maximum absolute atomic E-state index is 5.80. The summed E-state index contributed by atoms with van der Waals surface area (Å²) in [6, 6.07) is 15.9. The monoisotopic (exact) mass is 393 g/mol. The lowest BCUT2D eigenvalue weighted by Crippen LogP contribution is -1.98. The van der Waals surface area contributed by atoms with E-state index in [1.165, 1.54) is 11.8 Å². The van der Waals surface area contributed by atoms with Gasteiger partial charge in [0, 0.05) is 5.75 Å². The van der Waals surface area contributed by atoms with Crippen LogP contribution in [0.1, 0.15) is 22.7 Å². The third-order valence-corrected chi connectivity index (χ3v) is 4.87. The van der Waals surface area contributed by atoms with Crippen LogP contribution in [0.2, 0.25) is 0 Å². The molecule has 0 unspecified atom stereocenters. The van der Waals surface area contributed by atoms with Crippen LogP contribution >= 0.6 is 11.8 Å². The fourth-order valence-electron chi connectivity index (χ4n) is 2.54. The lowest BCUT2D eigenvalue weighted by atomic mass is 10.1. The van der Waals surface area contributed by atoms with Crippen LogP contribution in [-0.2, 0) is 12.4 Å². The summed E-state index contributed by atoms with van der Waals surface area (Å²) in [4.78, 5) is 1.60. The Bertz CT molecular complexity index is 1060. The van der Waals surface area contributed by atoms with E-state index in [2.05, 4.69) is 26.5 Å². The molecule has 2 aromatic heterocycles. The minimum absolute atomic E-state index is 0.238. The molecule has 142 valence electrons. The number of aromatic nitrogens is 5. The average Bonchev–Trinajstić information content (AvgIpc) is 3.37. The predicted octanol–water partition coefficient (Wildman–Crippen LogP) is 4.14. The zero-order valence-electron chi connectivity index (χ0n) is 15.6. The highest BCUT2D eigenvalue weighted by Gasteiger charge is 2.10. The fraction of sp³-hybridized carbons (Fsp3) is 0.200. The van der Waals surface area contributed by atoms with E-state index in [-0.39, 0.29) is 6.61 Å². The highest BCUT2D eigenvalue weighted by atomic mass is 32.2. The second kappa shape index (κ2) is 8.26. The summed E-state index contributed by atoms with van der Waals surface area (Å²) in [5.74, 6) is 1.85. The molecule has 2 heterocycles. The number of para-hydroxylation sites is 1. The normalized spacial score (nSPS) is 10.9. The van der Waals surface area contributed by atoms with E-state index in [9.17, 15) is 0 Å². The van der Waals surface area contributed by atoms with Crippen molar-refractivity contribution in [2.45, 2.75) is 31.4 Å². The SMILES string of the molecule is Cc1ccc(C)c(OCc2nnc(SCc3cnn(-c4ccccc4)n3)o2)c1. The summed E-state index contributed by atoms with van der Waals surface area (Å²) in [7, 11) is 0. The van der Waals surface area contributed by atoms with Gasteiger partial charge >= 0.3 is 0 Å². The molecule has 0 amide bonds. The molecule has 7 nitrogen and oxygen atoms in total. The van der Waals surface area contributed by atoms with Gasteiger partial charge in [0.15, 0.2) is 6.61 Å². The summed E-state index contributed by atoms with van der Waals surface area (Å²) < 4.78 is 11.5. The third kappa shape index (κ3) is 4.40. The molecule has 8 heteroatoms. The molecule has 0 aliphatic carbocycles. The third-order valence-electron chi connectivity index (χ3n) is 4.01. The van der Waals surface area contributed by atoms with Crippen molar-refractivity contribution in [3.63, 3.8) is 0 Å². The van der Waals surface area contributed by atoms with Crippen LogP contribution in [0, 0.1) is 13.8 Å². The Morgan fingerprint density at radius 3 is 2.79 bits per heavy atom. The first-order valence-corrected chi connectivity index (χ1v) is 9.78. The van der Waals surface area contributed by atoms with E-state index in [4.69, 9.17) is 9.15 Å². The van der Waals surface area contributed by atoms with Gasteiger partial charge in [-0.3, -0.25) is 0 Å². The topological polar surface area (TPSA) is 78.9 Å². The zero-order chi connectivity index (χ0) is 19.3. The van der Waals surface area contributed by atoms with E-state index < -0.39 is 0 Å². The number of aryl methyl sites for hydroxylation is 2. The highest BCUT2D eigenvalue weighted by Crippen LogP contribution is 2.23. The van der Waals surface area contributed by atoms with Crippen molar-refractivity contribution in [1.82, 2.24) is 25.2 Å². The standard InChI is InChI=1S/C20H19N5O2S/c1-14-8-9-15(2)18(10-14)26-12-19-22-23-20(27-19)28-13-16-11-21-25(24-16)17-6-4-3-5-7-17/h3-11H,12-13H2,1-2H3. The second-order valence-electron chi connectivity index (χ2n) is 6.27. The van der Waals surface area contributed by atoms with Crippen molar-refractivity contribution in [3.8, 4) is 11.4 Å². The quantitative estimate of drug-likeness (QED) is 0.437. The summed E-state index contributed by atoms with van der Waals surface area (Å²) in [6.07, 6.45) is 1.74. The Morgan fingerprint density at radius 2 is 1.93 bits per heavy atom. The van der Waals surface area contributed by atoms with Crippen molar-refractivity contribution < 1.29 is 9.15 Å². The van der Waals surface area contributed by atoms with Gasteiger partial charge < -0.3 is 9.15 Å². The molecule has 0 N–H and O–H groups in total. The first kappa shape index (κ1) is 18.2. The van der Waals surface area contributed by atoms with Gasteiger partial charge in [0.2, 0.25) is 0 Å². The summed E-state index contributed by atoms with van der Waals surface area (Å²) in [6.45, 7) is 4.27. The summed E-state index contributed by atoms with van der Waals surface area (Å²) >= 11 is 1.42. The van der Waals surface area contributed by atoms with Crippen molar-refractivity contribution in [3.05, 3.63) is 77.4 Å². The van der Waals surface area contributed by atoms with Crippen LogP contribution in [0.5, 0.6) is 5.75 Å². The molecule has 0 saturated heterocycles. The Balaban J connectivity index is 1.33. The molecule has 0 aliphatic heterocycles. The van der Waals surface area contributed by atoms with Gasteiger partial charge in [0.25, 0.3) is 11.1 Å². The molecule has 2 aromatic carbocycles. The molecule has 4 rings (SSSR count). The van der Waals surface area contributed by atoms with E-state index in [0.717, 1.165) is 28.3 Å². The number of rotatable bonds is 7. The van der Waals surface area contributed by atoms with Gasteiger partial charge in [-0.05, 0) is 43.2 Å². The summed E-state index contributed by atoms with van der Waals surface area (Å²) in [5.41, 5.74) is 3.97. The number of benzene rings is 2. The molecule has 0 bridgehead atoms. The first-order valence-electron chi connectivity index (χ1n) is 8.79. The van der Waals surface area contributed by atoms with Crippen LogP contribution in [-0.4, -0.2) is 25.2 Å². The van der Waals surface area contributed by atoms with Gasteiger partial charge in [-0.1, -0.05) is 42.1 Å². The number of hydrogen-bond acceptors (Lipinski definition) is 7. The molecular formula is C20H19N5O2S. The molecular weight excluding hydrogens is 374 g/mol. The molecule has 0 saturated carbocycles. The molecule has 4 aromatic rings. The number of nitrogens with zero attached hydrogens (tertiary/aromatic N) is 5. The molecule has 0 fully saturated rings. The Hall–Kier alpha value is -3.13. The number of hydrogen-bond donors (Lipinski definition) is 0. The number of ether oxygens (including phenoxy) is 1. The van der Waals surface area contributed by atoms with Crippen molar-refractivity contribution >= 4 is 11.8 Å². The van der Waals surface area contributed by atoms with Crippen LogP contribution in [0.3, 0.4) is 0 Å². The van der Waals surface area contributed by atoms with Gasteiger partial charge in [-0.2, -0.15) is 15.0 Å². The molecule has 28 heavy (non-hydrogen) atoms. The van der Waals surface area contributed by atoms with Crippen molar-refractivity contribution in [1.29, 1.82) is 0 Å². The Morgan fingerprint density at radius 1 is 1.07 bits per heavy atom. The maximum Gasteiger partial charge on any atom is 0.277 e. The van der Waals surface area contributed by atoms with Crippen molar-refractivity contribution in [2.75, 3.05) is 0 Å². The minimum Gasteiger partial charge on any atom is -0.484 e. The minimum atomic E-state index is 0.238. The average molecular weight is 393 g/mol. The lowest BCUT2D eigenvalue weighted by molar-refractivity contribution is 0.250. The zero-order valence-corrected chi connectivity index (χ0v) is 16.4. The summed E-state index contributed by atoms with van der Waals surface area (Å²) in [5, 5.41) is 17.3. The second-order valence-corrected chi connectivity index (χ2v) is 7.20. The van der Waals surface area contributed by atoms with E-state index in [1.54, 1.807) is 11.0 Å². The van der Waals surface area contributed by atoms with Gasteiger partial charge in [0.05, 0.1) is 17.6 Å². The largest absolute Gasteiger partial charge is 0.484 e. The van der Waals surface area contributed by atoms with E-state index >= 15 is 0 Å². The number of thioether (sulfide) groups is 1. The maximum atomic E-state index is 5.80. The smallest absolute Gasteiger partial charge is 0.277 e. The van der Waals surface area contributed by atoms with Crippen LogP contribution in [0.25, 0.3) is 5.69 Å². The van der Waals surface area contributed by atoms with Crippen LogP contribution in [0.15, 0.2) is 64.4 Å². The Kier molecular flexibility index (Phi) is 5.38.